The second-order valence-corrected chi connectivity index (χ2v) is 19.5. The topological polar surface area (TPSA) is 173 Å². The number of aromatic hydroxyl groups is 1. The standard InChI is InChI=1S/2C26H38O5S.Ca/c2*1-2-3-4-5-6-7-8-9-10-11-12-16-19-23-25(32(28,29)30)21-20-24(26(23)27)31-22-17-14-13-15-18-22;/h2*13-15,17-18,20-21,27H,2-12,16,19H2,1H3,(H,28,29,30);/q;;+2/p-2. The van der Waals surface area contributed by atoms with Gasteiger partial charge in [0.15, 0.2) is 11.5 Å². The molecule has 0 radical (unpaired) electrons. The minimum Gasteiger partial charge on any atom is -0.870 e. The van der Waals surface area contributed by atoms with Crippen molar-refractivity contribution < 1.29 is 45.6 Å². The molecule has 0 aromatic heterocycles. The van der Waals surface area contributed by atoms with Gasteiger partial charge in [0.1, 0.15) is 32.3 Å². The number of phenols is 1. The Morgan fingerprint density at radius 2 is 0.800 bits per heavy atom. The second kappa shape index (κ2) is 33.6. The molecule has 4 aromatic carbocycles. The van der Waals surface area contributed by atoms with Crippen LogP contribution in [0.25, 0.3) is 0 Å². The summed E-state index contributed by atoms with van der Waals surface area (Å²) >= 11 is 0. The van der Waals surface area contributed by atoms with E-state index in [1.54, 1.807) is 36.4 Å². The van der Waals surface area contributed by atoms with Crippen molar-refractivity contribution in [2.75, 3.05) is 0 Å². The molecule has 0 aliphatic heterocycles. The van der Waals surface area contributed by atoms with E-state index >= 15 is 0 Å². The first-order valence-corrected chi connectivity index (χ1v) is 26.8. The smallest absolute Gasteiger partial charge is 0.870 e. The van der Waals surface area contributed by atoms with E-state index in [2.05, 4.69) is 13.8 Å². The molecule has 0 atom stereocenters. The number of benzene rings is 4. The number of para-hydroxylation sites is 2. The van der Waals surface area contributed by atoms with Crippen LogP contribution in [-0.4, -0.2) is 68.8 Å². The van der Waals surface area contributed by atoms with Gasteiger partial charge in [0.2, 0.25) is 0 Å². The molecule has 0 unspecified atom stereocenters. The van der Waals surface area contributed by atoms with Crippen molar-refractivity contribution in [1.29, 1.82) is 0 Å². The summed E-state index contributed by atoms with van der Waals surface area (Å²) in [5, 5.41) is 23.5. The molecule has 0 fully saturated rings. The Morgan fingerprint density at radius 3 is 1.18 bits per heavy atom. The SMILES string of the molecule is CCCCCCCCCCCCCCc1c(S(=O)(=O)O)ccc(Oc2ccccc2)c1O.CCCCCCCCCCCCCCc1c(S(=O)(=O)[O-])ccc(Oc2ccccc2)c1[O-].[Ca+2]. The van der Waals surface area contributed by atoms with Gasteiger partial charge in [-0.2, -0.15) is 8.42 Å². The third-order valence-electron chi connectivity index (χ3n) is 11.4. The van der Waals surface area contributed by atoms with E-state index in [0.29, 0.717) is 24.3 Å². The monoisotopic (exact) mass is 962 g/mol. The van der Waals surface area contributed by atoms with Gasteiger partial charge in [-0.05, 0) is 79.8 Å². The van der Waals surface area contributed by atoms with E-state index in [9.17, 15) is 36.2 Å². The maximum absolute atomic E-state index is 12.8. The number of phenolic OH excluding ortho intramolecular Hbond substituents is 1. The summed E-state index contributed by atoms with van der Waals surface area (Å²) < 4.78 is 79.5. The molecular formula is C52H74CaO10S2. The van der Waals surface area contributed by atoms with Crippen LogP contribution in [0, 0.1) is 0 Å². The maximum Gasteiger partial charge on any atom is 2.00 e. The molecule has 0 aliphatic carbocycles. The predicted molar refractivity (Wildman–Crippen MR) is 260 cm³/mol. The molecule has 13 heteroatoms. The van der Waals surface area contributed by atoms with Gasteiger partial charge in [0.05, 0.1) is 4.90 Å². The largest absolute Gasteiger partial charge is 2.00 e. The summed E-state index contributed by atoms with van der Waals surface area (Å²) in [6.07, 6.45) is 29.2. The van der Waals surface area contributed by atoms with Crippen molar-refractivity contribution in [2.45, 2.75) is 191 Å². The Labute approximate surface area is 421 Å². The van der Waals surface area contributed by atoms with Crippen molar-refractivity contribution >= 4 is 58.0 Å². The Morgan fingerprint density at radius 1 is 0.462 bits per heavy atom. The third kappa shape index (κ3) is 23.6. The predicted octanol–water partition coefficient (Wildman–Crippen LogP) is 14.0. The fraction of sp³-hybridized carbons (Fsp3) is 0.538. The zero-order chi connectivity index (χ0) is 46.5. The molecule has 2 N–H and O–H groups in total. The first-order valence-electron chi connectivity index (χ1n) is 23.9. The average molecular weight is 963 g/mol. The first-order chi connectivity index (χ1) is 30.9. The van der Waals surface area contributed by atoms with Gasteiger partial charge in [-0.15, -0.1) is 0 Å². The summed E-state index contributed by atoms with van der Waals surface area (Å²) in [6, 6.07) is 22.9. The van der Waals surface area contributed by atoms with Gasteiger partial charge in [0, 0.05) is 5.56 Å². The molecule has 0 heterocycles. The van der Waals surface area contributed by atoms with Crippen LogP contribution < -0.4 is 14.6 Å². The van der Waals surface area contributed by atoms with Crippen molar-refractivity contribution in [1.82, 2.24) is 0 Å². The van der Waals surface area contributed by atoms with Crippen molar-refractivity contribution in [2.24, 2.45) is 0 Å². The summed E-state index contributed by atoms with van der Waals surface area (Å²) in [7, 11) is -9.14. The van der Waals surface area contributed by atoms with Gasteiger partial charge in [-0.25, -0.2) is 8.42 Å². The quantitative estimate of drug-likeness (QED) is 0.0272. The molecular weight excluding hydrogens is 889 g/mol. The molecule has 4 rings (SSSR count). The van der Waals surface area contributed by atoms with Gasteiger partial charge in [-0.1, -0.05) is 197 Å². The Balaban J connectivity index is 0.000000440. The van der Waals surface area contributed by atoms with E-state index in [0.717, 1.165) is 38.5 Å². The van der Waals surface area contributed by atoms with Crippen LogP contribution in [-0.2, 0) is 33.1 Å². The fourth-order valence-corrected chi connectivity index (χ4v) is 9.30. The van der Waals surface area contributed by atoms with E-state index in [1.165, 1.54) is 133 Å². The van der Waals surface area contributed by atoms with Crippen LogP contribution in [0.5, 0.6) is 34.5 Å². The molecule has 0 saturated carbocycles. The van der Waals surface area contributed by atoms with E-state index in [1.807, 2.05) is 24.3 Å². The third-order valence-corrected chi connectivity index (χ3v) is 13.3. The number of rotatable bonds is 32. The molecule has 0 amide bonds. The number of hydrogen-bond acceptors (Lipinski definition) is 9. The van der Waals surface area contributed by atoms with Crippen molar-refractivity contribution in [3.8, 4) is 34.5 Å². The van der Waals surface area contributed by atoms with Crippen molar-refractivity contribution in [3.05, 3.63) is 96.1 Å². The van der Waals surface area contributed by atoms with E-state index in [-0.39, 0.29) is 77.4 Å². The van der Waals surface area contributed by atoms with Crippen LogP contribution in [0.4, 0.5) is 0 Å². The summed E-state index contributed by atoms with van der Waals surface area (Å²) in [5.41, 5.74) is 0.258. The minimum atomic E-state index is -4.72. The molecule has 4 aromatic rings. The fourth-order valence-electron chi connectivity index (χ4n) is 7.82. The van der Waals surface area contributed by atoms with Gasteiger partial charge < -0.3 is 24.2 Å². The number of unbranched alkanes of at least 4 members (excludes halogenated alkanes) is 22. The van der Waals surface area contributed by atoms with Crippen LogP contribution in [0.2, 0.25) is 0 Å². The molecule has 65 heavy (non-hydrogen) atoms. The molecule has 0 bridgehead atoms. The summed E-state index contributed by atoms with van der Waals surface area (Å²) in [5.74, 6) is 0.494. The number of hydrogen-bond donors (Lipinski definition) is 2. The zero-order valence-corrected chi connectivity index (χ0v) is 43.0. The second-order valence-electron chi connectivity index (χ2n) is 16.8. The molecule has 10 nitrogen and oxygen atoms in total. The molecule has 356 valence electrons. The van der Waals surface area contributed by atoms with Crippen LogP contribution in [0.1, 0.15) is 179 Å². The Hall–Kier alpha value is -2.84. The van der Waals surface area contributed by atoms with Gasteiger partial charge in [0.25, 0.3) is 10.1 Å². The minimum absolute atomic E-state index is 0. The molecule has 0 aliphatic rings. The Bertz CT molecular complexity index is 1950. The average Bonchev–Trinajstić information content (AvgIpc) is 3.27. The first kappa shape index (κ1) is 58.3. The van der Waals surface area contributed by atoms with Crippen LogP contribution >= 0.6 is 0 Å². The van der Waals surface area contributed by atoms with Gasteiger partial charge >= 0.3 is 37.7 Å². The maximum atomic E-state index is 12.8. The molecule has 0 saturated heterocycles. The normalized spacial score (nSPS) is 11.4. The Kier molecular flexibility index (Phi) is 30.1. The zero-order valence-electron chi connectivity index (χ0n) is 39.2. The van der Waals surface area contributed by atoms with Crippen molar-refractivity contribution in [3.63, 3.8) is 0 Å². The molecule has 0 spiro atoms. The van der Waals surface area contributed by atoms with E-state index < -0.39 is 30.9 Å². The summed E-state index contributed by atoms with van der Waals surface area (Å²) in [6.45, 7) is 4.47. The van der Waals surface area contributed by atoms with Crippen LogP contribution in [0.15, 0.2) is 94.7 Å². The van der Waals surface area contributed by atoms with E-state index in [4.69, 9.17) is 9.47 Å². The number of ether oxygens (including phenoxy) is 2. The van der Waals surface area contributed by atoms with Gasteiger partial charge in [-0.3, -0.25) is 4.55 Å². The van der Waals surface area contributed by atoms with Crippen LogP contribution in [0.3, 0.4) is 0 Å². The summed E-state index contributed by atoms with van der Waals surface area (Å²) in [4.78, 5) is -0.676.